The van der Waals surface area contributed by atoms with Crippen molar-refractivity contribution < 1.29 is 14.6 Å². The van der Waals surface area contributed by atoms with Gasteiger partial charge < -0.3 is 10.2 Å². The number of β-amino-alcohol motifs (C(OH)–C–C–N with tert-alkyl or cyclic N) is 2. The zero-order valence-electron chi connectivity index (χ0n) is 14.4. The minimum atomic E-state index is -0.803. The van der Waals surface area contributed by atoms with Crippen molar-refractivity contribution in [2.24, 2.45) is 5.41 Å². The molecule has 2 N–H and O–H groups in total. The molecule has 23 heavy (non-hydrogen) atoms. The normalized spacial score (nSPS) is 20.4. The predicted molar refractivity (Wildman–Crippen MR) is 89.7 cm³/mol. The summed E-state index contributed by atoms with van der Waals surface area (Å²) in [6.45, 7) is 10.6. The largest absolute Gasteiger partial charge is 0.391 e. The van der Waals surface area contributed by atoms with E-state index in [2.05, 4.69) is 9.80 Å². The molecule has 1 aromatic rings. The third kappa shape index (κ3) is 5.24. The minimum absolute atomic E-state index is 0.113. The molecule has 0 aromatic heterocycles. The fourth-order valence-electron chi connectivity index (χ4n) is 2.76. The first-order valence-electron chi connectivity index (χ1n) is 8.32. The monoisotopic (exact) mass is 324 g/mol. The maximum atomic E-state index is 13.7. The summed E-state index contributed by atoms with van der Waals surface area (Å²) in [6, 6.07) is 6.39. The van der Waals surface area contributed by atoms with Gasteiger partial charge in [0.1, 0.15) is 5.82 Å². The highest BCUT2D eigenvalue weighted by Crippen LogP contribution is 2.21. The van der Waals surface area contributed by atoms with Crippen molar-refractivity contribution in [3.8, 4) is 0 Å². The van der Waals surface area contributed by atoms with Crippen molar-refractivity contribution in [3.63, 3.8) is 0 Å². The molecule has 0 amide bonds. The second-order valence-electron chi connectivity index (χ2n) is 7.52. The first-order chi connectivity index (χ1) is 10.8. The van der Waals surface area contributed by atoms with Crippen LogP contribution in [0.4, 0.5) is 4.39 Å². The molecule has 0 unspecified atom stereocenters. The van der Waals surface area contributed by atoms with Crippen LogP contribution in [0.3, 0.4) is 0 Å². The van der Waals surface area contributed by atoms with E-state index in [1.165, 1.54) is 6.07 Å². The van der Waals surface area contributed by atoms with Gasteiger partial charge in [-0.2, -0.15) is 0 Å². The second kappa shape index (κ2) is 7.71. The maximum Gasteiger partial charge on any atom is 0.129 e. The van der Waals surface area contributed by atoms with Gasteiger partial charge in [-0.1, -0.05) is 39.0 Å². The highest BCUT2D eigenvalue weighted by Gasteiger charge is 2.27. The SMILES string of the molecule is CC(C)(C)[C@H](O)CN1CCN(C[C@H](O)c2ccccc2F)CC1. The molecule has 0 radical (unpaired) electrons. The van der Waals surface area contributed by atoms with Gasteiger partial charge in [0, 0.05) is 44.8 Å². The van der Waals surface area contributed by atoms with Gasteiger partial charge in [-0.05, 0) is 11.5 Å². The highest BCUT2D eigenvalue weighted by molar-refractivity contribution is 5.20. The zero-order chi connectivity index (χ0) is 17.0. The quantitative estimate of drug-likeness (QED) is 0.868. The van der Waals surface area contributed by atoms with Gasteiger partial charge in [0.25, 0.3) is 0 Å². The first-order valence-corrected chi connectivity index (χ1v) is 8.32. The molecule has 1 aromatic carbocycles. The molecule has 1 aliphatic heterocycles. The Hall–Kier alpha value is -1.01. The van der Waals surface area contributed by atoms with Crippen LogP contribution in [0.15, 0.2) is 24.3 Å². The van der Waals surface area contributed by atoms with Crippen LogP contribution in [0.2, 0.25) is 0 Å². The van der Waals surface area contributed by atoms with Crippen LogP contribution in [-0.2, 0) is 0 Å². The minimum Gasteiger partial charge on any atom is -0.391 e. The van der Waals surface area contributed by atoms with E-state index in [-0.39, 0.29) is 17.3 Å². The predicted octanol–water partition coefficient (Wildman–Crippen LogP) is 1.88. The van der Waals surface area contributed by atoms with Gasteiger partial charge in [-0.15, -0.1) is 0 Å². The lowest BCUT2D eigenvalue weighted by Crippen LogP contribution is -2.50. The van der Waals surface area contributed by atoms with Crippen LogP contribution in [0.1, 0.15) is 32.4 Å². The summed E-state index contributed by atoms with van der Waals surface area (Å²) in [5.41, 5.74) is 0.246. The van der Waals surface area contributed by atoms with Crippen molar-refractivity contribution in [1.82, 2.24) is 9.80 Å². The van der Waals surface area contributed by atoms with Crippen molar-refractivity contribution in [1.29, 1.82) is 0 Å². The molecule has 2 atom stereocenters. The molecule has 130 valence electrons. The number of nitrogens with zero attached hydrogens (tertiary/aromatic N) is 2. The molecule has 0 bridgehead atoms. The Bertz CT molecular complexity index is 496. The van der Waals surface area contributed by atoms with Crippen LogP contribution in [0.5, 0.6) is 0 Å². The molecule has 1 aliphatic rings. The van der Waals surface area contributed by atoms with Crippen molar-refractivity contribution in [2.45, 2.75) is 33.0 Å². The van der Waals surface area contributed by atoms with Gasteiger partial charge in [-0.3, -0.25) is 9.80 Å². The average Bonchev–Trinajstić information content (AvgIpc) is 2.48. The Labute approximate surface area is 138 Å². The topological polar surface area (TPSA) is 46.9 Å². The van der Waals surface area contributed by atoms with E-state index in [1.807, 2.05) is 20.8 Å². The Morgan fingerprint density at radius 2 is 1.52 bits per heavy atom. The molecule has 0 spiro atoms. The lowest BCUT2D eigenvalue weighted by atomic mass is 9.89. The standard InChI is InChI=1S/C18H29FN2O2/c1-18(2,3)17(23)13-21-10-8-20(9-11-21)12-16(22)14-6-4-5-7-15(14)19/h4-7,16-17,22-23H,8-13H2,1-3H3/t16-,17+/m0/s1. The molecule has 5 heteroatoms. The molecule has 0 saturated carbocycles. The van der Waals surface area contributed by atoms with Crippen LogP contribution < -0.4 is 0 Å². The fourth-order valence-corrected chi connectivity index (χ4v) is 2.76. The summed E-state index contributed by atoms with van der Waals surface area (Å²) in [5, 5.41) is 20.4. The molecule has 2 rings (SSSR count). The zero-order valence-corrected chi connectivity index (χ0v) is 14.4. The van der Waals surface area contributed by atoms with Crippen molar-refractivity contribution in [2.75, 3.05) is 39.3 Å². The smallest absolute Gasteiger partial charge is 0.129 e. The van der Waals surface area contributed by atoms with E-state index < -0.39 is 6.10 Å². The van der Waals surface area contributed by atoms with E-state index >= 15 is 0 Å². The molecule has 1 heterocycles. The van der Waals surface area contributed by atoms with Gasteiger partial charge in [0.15, 0.2) is 0 Å². The number of hydrogen-bond donors (Lipinski definition) is 2. The second-order valence-corrected chi connectivity index (χ2v) is 7.52. The number of hydrogen-bond acceptors (Lipinski definition) is 4. The van der Waals surface area contributed by atoms with E-state index in [4.69, 9.17) is 0 Å². The summed E-state index contributed by atoms with van der Waals surface area (Å²) in [5.74, 6) is -0.355. The van der Waals surface area contributed by atoms with Gasteiger partial charge in [-0.25, -0.2) is 4.39 Å². The molecule has 0 aliphatic carbocycles. The third-order valence-electron chi connectivity index (χ3n) is 4.59. The number of aliphatic hydroxyl groups is 2. The summed E-state index contributed by atoms with van der Waals surface area (Å²) >= 11 is 0. The number of rotatable bonds is 5. The first kappa shape index (κ1) is 18.3. The van der Waals surface area contributed by atoms with E-state index in [1.54, 1.807) is 18.2 Å². The third-order valence-corrected chi connectivity index (χ3v) is 4.59. The Morgan fingerprint density at radius 1 is 1.00 bits per heavy atom. The summed E-state index contributed by atoms with van der Waals surface area (Å²) in [7, 11) is 0. The lowest BCUT2D eigenvalue weighted by molar-refractivity contribution is 0.00697. The molecular weight excluding hydrogens is 295 g/mol. The maximum absolute atomic E-state index is 13.7. The molecule has 1 fully saturated rings. The average molecular weight is 324 g/mol. The van der Waals surface area contributed by atoms with Gasteiger partial charge in [0.2, 0.25) is 0 Å². The van der Waals surface area contributed by atoms with Gasteiger partial charge in [0.05, 0.1) is 12.2 Å². The Morgan fingerprint density at radius 3 is 2.04 bits per heavy atom. The molecule has 4 nitrogen and oxygen atoms in total. The summed E-state index contributed by atoms with van der Waals surface area (Å²) < 4.78 is 13.7. The Kier molecular flexibility index (Phi) is 6.14. The number of aliphatic hydroxyl groups excluding tert-OH is 2. The van der Waals surface area contributed by atoms with Crippen molar-refractivity contribution in [3.05, 3.63) is 35.6 Å². The fraction of sp³-hybridized carbons (Fsp3) is 0.667. The molecular formula is C18H29FN2O2. The van der Waals surface area contributed by atoms with Crippen LogP contribution >= 0.6 is 0 Å². The lowest BCUT2D eigenvalue weighted by Gasteiger charge is -2.38. The van der Waals surface area contributed by atoms with E-state index in [9.17, 15) is 14.6 Å². The summed E-state index contributed by atoms with van der Waals surface area (Å²) in [6.07, 6.45) is -1.15. The molecule has 1 saturated heterocycles. The number of halogens is 1. The van der Waals surface area contributed by atoms with Crippen LogP contribution in [0, 0.1) is 11.2 Å². The van der Waals surface area contributed by atoms with Gasteiger partial charge >= 0.3 is 0 Å². The van der Waals surface area contributed by atoms with E-state index in [0.29, 0.717) is 18.7 Å². The number of benzene rings is 1. The van der Waals surface area contributed by atoms with E-state index in [0.717, 1.165) is 26.2 Å². The summed E-state index contributed by atoms with van der Waals surface area (Å²) in [4.78, 5) is 4.40. The van der Waals surface area contributed by atoms with Crippen LogP contribution in [0.25, 0.3) is 0 Å². The highest BCUT2D eigenvalue weighted by atomic mass is 19.1. The van der Waals surface area contributed by atoms with Crippen molar-refractivity contribution >= 4 is 0 Å². The van der Waals surface area contributed by atoms with Crippen LogP contribution in [-0.4, -0.2) is 65.4 Å². The number of piperazine rings is 1. The Balaban J connectivity index is 1.80.